The quantitative estimate of drug-likeness (QED) is 0.532. The lowest BCUT2D eigenvalue weighted by molar-refractivity contribution is -0.383. The minimum absolute atomic E-state index is 0.0764. The van der Waals surface area contributed by atoms with Crippen molar-refractivity contribution in [2.24, 2.45) is 0 Å². The van der Waals surface area contributed by atoms with E-state index >= 15 is 0 Å². The van der Waals surface area contributed by atoms with Gasteiger partial charge in [0.1, 0.15) is 17.2 Å². The lowest BCUT2D eigenvalue weighted by atomic mass is 10.2. The Labute approximate surface area is 111 Å². The van der Waals surface area contributed by atoms with Gasteiger partial charge in [-0.15, -0.1) is 0 Å². The average molecular weight is 309 g/mol. The molecule has 0 atom stereocenters. The smallest absolute Gasteiger partial charge is 0.292 e. The molecule has 2 N–H and O–H groups in total. The molecule has 18 heavy (non-hydrogen) atoms. The topological polar surface area (TPSA) is 78.4 Å². The lowest BCUT2D eigenvalue weighted by Gasteiger charge is -2.06. The molecule has 2 aromatic rings. The van der Waals surface area contributed by atoms with Crippen LogP contribution in [0.5, 0.6) is 11.5 Å². The molecule has 0 saturated carbocycles. The summed E-state index contributed by atoms with van der Waals surface area (Å²) < 4.78 is 6.43. The fraction of sp³-hybridized carbons (Fsp3) is 0. The fourth-order valence-corrected chi connectivity index (χ4v) is 1.81. The van der Waals surface area contributed by atoms with Gasteiger partial charge < -0.3 is 10.5 Å². The van der Waals surface area contributed by atoms with Crippen LogP contribution in [-0.4, -0.2) is 4.92 Å². The normalized spacial score (nSPS) is 10.1. The standard InChI is InChI=1S/C12H9BrN2O3/c13-8-2-1-3-9(6-8)18-10-4-5-12(15(16)17)11(14)7-10/h1-7H,14H2. The van der Waals surface area contributed by atoms with E-state index in [1.54, 1.807) is 12.1 Å². The molecular weight excluding hydrogens is 300 g/mol. The molecule has 0 aliphatic heterocycles. The van der Waals surface area contributed by atoms with Gasteiger partial charge in [0.15, 0.2) is 0 Å². The van der Waals surface area contributed by atoms with Crippen LogP contribution in [0.15, 0.2) is 46.9 Å². The Morgan fingerprint density at radius 3 is 2.50 bits per heavy atom. The number of benzene rings is 2. The summed E-state index contributed by atoms with van der Waals surface area (Å²) >= 11 is 3.33. The van der Waals surface area contributed by atoms with Crippen LogP contribution in [0.2, 0.25) is 0 Å². The highest BCUT2D eigenvalue weighted by Gasteiger charge is 2.11. The van der Waals surface area contributed by atoms with Crippen molar-refractivity contribution in [2.75, 3.05) is 5.73 Å². The van der Waals surface area contributed by atoms with E-state index in [0.29, 0.717) is 11.5 Å². The van der Waals surface area contributed by atoms with E-state index in [1.807, 2.05) is 12.1 Å². The van der Waals surface area contributed by atoms with E-state index in [1.165, 1.54) is 18.2 Å². The van der Waals surface area contributed by atoms with E-state index in [0.717, 1.165) is 4.47 Å². The van der Waals surface area contributed by atoms with Gasteiger partial charge in [-0.05, 0) is 24.3 Å². The fourth-order valence-electron chi connectivity index (χ4n) is 1.43. The number of hydrogen-bond acceptors (Lipinski definition) is 4. The van der Waals surface area contributed by atoms with Crippen LogP contribution in [-0.2, 0) is 0 Å². The Bertz CT molecular complexity index is 602. The minimum Gasteiger partial charge on any atom is -0.457 e. The number of halogens is 1. The monoisotopic (exact) mass is 308 g/mol. The third-order valence-electron chi connectivity index (χ3n) is 2.23. The van der Waals surface area contributed by atoms with E-state index in [-0.39, 0.29) is 11.4 Å². The Hall–Kier alpha value is -2.08. The number of nitrogens with two attached hydrogens (primary N) is 1. The van der Waals surface area contributed by atoms with Gasteiger partial charge in [-0.1, -0.05) is 22.0 Å². The summed E-state index contributed by atoms with van der Waals surface area (Å²) in [4.78, 5) is 10.1. The summed E-state index contributed by atoms with van der Waals surface area (Å²) in [5.74, 6) is 1.08. The van der Waals surface area contributed by atoms with Crippen LogP contribution in [0.1, 0.15) is 0 Å². The van der Waals surface area contributed by atoms with E-state index in [9.17, 15) is 10.1 Å². The van der Waals surface area contributed by atoms with E-state index in [2.05, 4.69) is 15.9 Å². The van der Waals surface area contributed by atoms with Crippen LogP contribution < -0.4 is 10.5 Å². The molecule has 92 valence electrons. The van der Waals surface area contributed by atoms with Crippen molar-refractivity contribution in [2.45, 2.75) is 0 Å². The second-order valence-electron chi connectivity index (χ2n) is 3.54. The third-order valence-corrected chi connectivity index (χ3v) is 2.72. The van der Waals surface area contributed by atoms with Crippen molar-refractivity contribution < 1.29 is 9.66 Å². The Morgan fingerprint density at radius 1 is 1.17 bits per heavy atom. The minimum atomic E-state index is -0.530. The van der Waals surface area contributed by atoms with Gasteiger partial charge in [-0.25, -0.2) is 0 Å². The average Bonchev–Trinajstić information content (AvgIpc) is 2.28. The number of nitrogen functional groups attached to an aromatic ring is 1. The Kier molecular flexibility index (Phi) is 3.47. The molecule has 0 bridgehead atoms. The summed E-state index contributed by atoms with van der Waals surface area (Å²) in [6.45, 7) is 0. The third kappa shape index (κ3) is 2.78. The van der Waals surface area contributed by atoms with Crippen molar-refractivity contribution in [1.29, 1.82) is 0 Å². The first kappa shape index (κ1) is 12.4. The van der Waals surface area contributed by atoms with Crippen LogP contribution in [0.3, 0.4) is 0 Å². The molecule has 0 aliphatic rings. The van der Waals surface area contributed by atoms with Gasteiger partial charge in [0.25, 0.3) is 5.69 Å². The Morgan fingerprint density at radius 2 is 1.89 bits per heavy atom. The van der Waals surface area contributed by atoms with Crippen molar-refractivity contribution in [3.05, 3.63) is 57.1 Å². The van der Waals surface area contributed by atoms with Crippen molar-refractivity contribution in [3.8, 4) is 11.5 Å². The SMILES string of the molecule is Nc1cc(Oc2cccc(Br)c2)ccc1[N+](=O)[O-]. The molecule has 0 spiro atoms. The molecule has 6 heteroatoms. The lowest BCUT2D eigenvalue weighted by Crippen LogP contribution is -1.95. The van der Waals surface area contributed by atoms with Gasteiger partial charge in [-0.3, -0.25) is 10.1 Å². The van der Waals surface area contributed by atoms with Gasteiger partial charge >= 0.3 is 0 Å². The highest BCUT2D eigenvalue weighted by atomic mass is 79.9. The molecule has 2 rings (SSSR count). The van der Waals surface area contributed by atoms with Crippen molar-refractivity contribution in [3.63, 3.8) is 0 Å². The highest BCUT2D eigenvalue weighted by Crippen LogP contribution is 2.30. The summed E-state index contributed by atoms with van der Waals surface area (Å²) in [5.41, 5.74) is 5.52. The van der Waals surface area contributed by atoms with Crippen molar-refractivity contribution in [1.82, 2.24) is 0 Å². The predicted octanol–water partition coefficient (Wildman–Crippen LogP) is 3.73. The maximum Gasteiger partial charge on any atom is 0.292 e. The zero-order chi connectivity index (χ0) is 13.1. The second kappa shape index (κ2) is 5.05. The number of anilines is 1. The number of nitro benzene ring substituents is 1. The van der Waals surface area contributed by atoms with Gasteiger partial charge in [-0.2, -0.15) is 0 Å². The van der Waals surface area contributed by atoms with Gasteiger partial charge in [0.05, 0.1) is 4.92 Å². The van der Waals surface area contributed by atoms with E-state index in [4.69, 9.17) is 10.5 Å². The molecule has 0 radical (unpaired) electrons. The number of hydrogen-bond donors (Lipinski definition) is 1. The molecule has 5 nitrogen and oxygen atoms in total. The van der Waals surface area contributed by atoms with Gasteiger partial charge in [0.2, 0.25) is 0 Å². The van der Waals surface area contributed by atoms with E-state index < -0.39 is 4.92 Å². The van der Waals surface area contributed by atoms with Crippen LogP contribution in [0.25, 0.3) is 0 Å². The number of nitrogens with zero attached hydrogens (tertiary/aromatic N) is 1. The maximum absolute atomic E-state index is 10.6. The van der Waals surface area contributed by atoms with Gasteiger partial charge in [0, 0.05) is 16.6 Å². The summed E-state index contributed by atoms with van der Waals surface area (Å²) in [6, 6.07) is 11.5. The molecule has 0 aromatic heterocycles. The zero-order valence-corrected chi connectivity index (χ0v) is 10.8. The summed E-state index contributed by atoms with van der Waals surface area (Å²) in [6.07, 6.45) is 0. The molecule has 2 aromatic carbocycles. The first-order chi connectivity index (χ1) is 8.56. The molecular formula is C12H9BrN2O3. The summed E-state index contributed by atoms with van der Waals surface area (Å²) in [7, 11) is 0. The maximum atomic E-state index is 10.6. The van der Waals surface area contributed by atoms with Crippen LogP contribution >= 0.6 is 15.9 Å². The number of nitro groups is 1. The molecule has 0 fully saturated rings. The second-order valence-corrected chi connectivity index (χ2v) is 4.45. The van der Waals surface area contributed by atoms with Crippen LogP contribution in [0.4, 0.5) is 11.4 Å². The highest BCUT2D eigenvalue weighted by molar-refractivity contribution is 9.10. The number of ether oxygens (including phenoxy) is 1. The molecule has 0 saturated heterocycles. The zero-order valence-electron chi connectivity index (χ0n) is 9.17. The summed E-state index contributed by atoms with van der Waals surface area (Å²) in [5, 5.41) is 10.6. The molecule has 0 heterocycles. The molecule has 0 unspecified atom stereocenters. The first-order valence-corrected chi connectivity index (χ1v) is 5.83. The Balaban J connectivity index is 2.25. The molecule has 0 aliphatic carbocycles. The van der Waals surface area contributed by atoms with Crippen LogP contribution in [0, 0.1) is 10.1 Å². The predicted molar refractivity (Wildman–Crippen MR) is 71.7 cm³/mol. The number of rotatable bonds is 3. The van der Waals surface area contributed by atoms with Crippen molar-refractivity contribution >= 4 is 27.3 Å². The largest absolute Gasteiger partial charge is 0.457 e. The first-order valence-electron chi connectivity index (χ1n) is 5.03. The molecule has 0 amide bonds.